The molecule has 2 aromatic carbocycles. The summed E-state index contributed by atoms with van der Waals surface area (Å²) in [6.45, 7) is 0.980. The summed E-state index contributed by atoms with van der Waals surface area (Å²) >= 11 is 0. The number of sulfonamides is 1. The second-order valence-corrected chi connectivity index (χ2v) is 8.90. The Labute approximate surface area is 160 Å². The Morgan fingerprint density at radius 2 is 1.78 bits per heavy atom. The Morgan fingerprint density at radius 3 is 2.33 bits per heavy atom. The minimum absolute atomic E-state index is 0.0733. The largest absolute Gasteiger partial charge is 0.350 e. The highest BCUT2D eigenvalue weighted by Crippen LogP contribution is 2.24. The number of carbonyl (C=O) groups is 1. The number of nitrogens with zero attached hydrogens (tertiary/aromatic N) is 2. The zero-order chi connectivity index (χ0) is 19.4. The third-order valence-electron chi connectivity index (χ3n) is 4.78. The highest BCUT2D eigenvalue weighted by molar-refractivity contribution is 7.93. The zero-order valence-electron chi connectivity index (χ0n) is 15.6. The molecule has 0 bridgehead atoms. The molecule has 1 aliphatic heterocycles. The lowest BCUT2D eigenvalue weighted by Crippen LogP contribution is -2.34. The van der Waals surface area contributed by atoms with Gasteiger partial charge in [0.1, 0.15) is 0 Å². The number of likely N-dealkylation sites (N-methyl/N-ethyl adjacent to an activating group) is 1. The maximum absolute atomic E-state index is 12.5. The first-order valence-electron chi connectivity index (χ1n) is 8.98. The van der Waals surface area contributed by atoms with Gasteiger partial charge in [-0.3, -0.25) is 9.10 Å². The van der Waals surface area contributed by atoms with Gasteiger partial charge in [-0.1, -0.05) is 30.3 Å². The second kappa shape index (κ2) is 8.10. The zero-order valence-corrected chi connectivity index (χ0v) is 16.4. The molecule has 2 aromatic rings. The Morgan fingerprint density at radius 1 is 1.11 bits per heavy atom. The Balaban J connectivity index is 1.66. The highest BCUT2D eigenvalue weighted by atomic mass is 32.2. The third-order valence-corrected chi connectivity index (χ3v) is 6.65. The summed E-state index contributed by atoms with van der Waals surface area (Å²) in [6, 6.07) is 16.8. The van der Waals surface area contributed by atoms with E-state index in [4.69, 9.17) is 0 Å². The number of anilines is 1. The van der Waals surface area contributed by atoms with Crippen molar-refractivity contribution in [3.05, 3.63) is 65.7 Å². The minimum atomic E-state index is -3.21. The van der Waals surface area contributed by atoms with Crippen LogP contribution in [0, 0.1) is 0 Å². The van der Waals surface area contributed by atoms with Gasteiger partial charge in [0.2, 0.25) is 10.0 Å². The smallest absolute Gasteiger partial charge is 0.251 e. The second-order valence-electron chi connectivity index (χ2n) is 6.89. The van der Waals surface area contributed by atoms with Crippen LogP contribution in [0.2, 0.25) is 0 Å². The number of benzene rings is 2. The van der Waals surface area contributed by atoms with Crippen molar-refractivity contribution >= 4 is 21.6 Å². The molecule has 1 saturated heterocycles. The lowest BCUT2D eigenvalue weighted by atomic mass is 10.1. The summed E-state index contributed by atoms with van der Waals surface area (Å²) in [7, 11) is 0.755. The number of rotatable bonds is 6. The lowest BCUT2D eigenvalue weighted by Gasteiger charge is -2.25. The molecule has 6 nitrogen and oxygen atoms in total. The van der Waals surface area contributed by atoms with Gasteiger partial charge in [-0.25, -0.2) is 8.42 Å². The van der Waals surface area contributed by atoms with Gasteiger partial charge in [0.05, 0.1) is 17.5 Å². The fourth-order valence-corrected chi connectivity index (χ4v) is 4.84. The third kappa shape index (κ3) is 4.48. The first kappa shape index (κ1) is 19.4. The van der Waals surface area contributed by atoms with Crippen molar-refractivity contribution in [2.75, 3.05) is 37.2 Å². The van der Waals surface area contributed by atoms with Gasteiger partial charge in [-0.2, -0.15) is 0 Å². The summed E-state index contributed by atoms with van der Waals surface area (Å²) in [4.78, 5) is 14.6. The predicted octanol–water partition coefficient (Wildman–Crippen LogP) is 2.26. The van der Waals surface area contributed by atoms with E-state index in [0.29, 0.717) is 30.8 Å². The molecular weight excluding hydrogens is 362 g/mol. The normalized spacial score (nSPS) is 17.1. The quantitative estimate of drug-likeness (QED) is 0.825. The molecule has 144 valence electrons. The minimum Gasteiger partial charge on any atom is -0.350 e. The first-order valence-corrected chi connectivity index (χ1v) is 10.6. The van der Waals surface area contributed by atoms with Crippen LogP contribution >= 0.6 is 0 Å². The molecule has 1 amide bonds. The van der Waals surface area contributed by atoms with Crippen LogP contribution in [0.25, 0.3) is 0 Å². The Hall–Kier alpha value is -2.38. The van der Waals surface area contributed by atoms with E-state index >= 15 is 0 Å². The van der Waals surface area contributed by atoms with E-state index in [9.17, 15) is 13.2 Å². The number of nitrogens with one attached hydrogen (secondary N) is 1. The van der Waals surface area contributed by atoms with Crippen LogP contribution in [0.3, 0.4) is 0 Å². The van der Waals surface area contributed by atoms with Crippen molar-refractivity contribution < 1.29 is 13.2 Å². The summed E-state index contributed by atoms with van der Waals surface area (Å²) in [5.74, 6) is 0.00861. The monoisotopic (exact) mass is 387 g/mol. The van der Waals surface area contributed by atoms with Gasteiger partial charge in [-0.05, 0) is 50.3 Å². The van der Waals surface area contributed by atoms with E-state index in [2.05, 4.69) is 10.2 Å². The maximum atomic E-state index is 12.5. The average Bonchev–Trinajstić information content (AvgIpc) is 3.01. The highest BCUT2D eigenvalue weighted by Gasteiger charge is 2.28. The molecule has 1 unspecified atom stereocenters. The fourth-order valence-electron chi connectivity index (χ4n) is 3.27. The number of amides is 1. The van der Waals surface area contributed by atoms with E-state index in [1.54, 1.807) is 24.3 Å². The number of carbonyl (C=O) groups excluding carboxylic acids is 1. The molecule has 27 heavy (non-hydrogen) atoms. The molecule has 1 aliphatic rings. The molecule has 0 radical (unpaired) electrons. The van der Waals surface area contributed by atoms with Gasteiger partial charge in [0.15, 0.2) is 0 Å². The van der Waals surface area contributed by atoms with Gasteiger partial charge >= 0.3 is 0 Å². The van der Waals surface area contributed by atoms with Crippen molar-refractivity contribution in [1.29, 1.82) is 0 Å². The molecule has 7 heteroatoms. The summed E-state index contributed by atoms with van der Waals surface area (Å²) < 4.78 is 25.4. The van der Waals surface area contributed by atoms with E-state index in [1.807, 2.05) is 44.4 Å². The molecular formula is C20H25N3O3S. The first-order chi connectivity index (χ1) is 12.9. The Bertz CT molecular complexity index is 880. The predicted molar refractivity (Wildman–Crippen MR) is 107 cm³/mol. The van der Waals surface area contributed by atoms with Crippen molar-refractivity contribution in [2.24, 2.45) is 0 Å². The average molecular weight is 388 g/mol. The number of hydrogen-bond donors (Lipinski definition) is 1. The van der Waals surface area contributed by atoms with Crippen LogP contribution in [0.15, 0.2) is 54.6 Å². The van der Waals surface area contributed by atoms with Crippen molar-refractivity contribution in [3.8, 4) is 0 Å². The van der Waals surface area contributed by atoms with E-state index in [0.717, 1.165) is 5.56 Å². The molecule has 0 saturated carbocycles. The Kier molecular flexibility index (Phi) is 5.82. The van der Waals surface area contributed by atoms with E-state index < -0.39 is 10.0 Å². The van der Waals surface area contributed by atoms with Gasteiger partial charge in [-0.15, -0.1) is 0 Å². The van der Waals surface area contributed by atoms with Gasteiger partial charge < -0.3 is 10.2 Å². The maximum Gasteiger partial charge on any atom is 0.251 e. The van der Waals surface area contributed by atoms with Gasteiger partial charge in [0, 0.05) is 18.7 Å². The summed E-state index contributed by atoms with van der Waals surface area (Å²) in [5.41, 5.74) is 2.26. The van der Waals surface area contributed by atoms with Crippen LogP contribution in [-0.2, 0) is 10.0 Å². The van der Waals surface area contributed by atoms with Crippen LogP contribution < -0.4 is 9.62 Å². The molecule has 0 aromatic heterocycles. The molecule has 1 N–H and O–H groups in total. The van der Waals surface area contributed by atoms with E-state index in [-0.39, 0.29) is 17.7 Å². The summed E-state index contributed by atoms with van der Waals surface area (Å²) in [6.07, 6.45) is 0.635. The van der Waals surface area contributed by atoms with Crippen molar-refractivity contribution in [1.82, 2.24) is 10.2 Å². The molecule has 0 aliphatic carbocycles. The van der Waals surface area contributed by atoms with E-state index in [1.165, 1.54) is 4.31 Å². The molecule has 1 heterocycles. The van der Waals surface area contributed by atoms with Crippen LogP contribution in [0.1, 0.15) is 28.4 Å². The van der Waals surface area contributed by atoms with Crippen LogP contribution in [0.4, 0.5) is 5.69 Å². The molecule has 1 atom stereocenters. The van der Waals surface area contributed by atoms with Crippen molar-refractivity contribution in [3.63, 3.8) is 0 Å². The lowest BCUT2D eigenvalue weighted by molar-refractivity contribution is 0.0942. The summed E-state index contributed by atoms with van der Waals surface area (Å²) in [5, 5.41) is 2.97. The SMILES string of the molecule is CN(C)C(CNC(=O)c1ccc(N2CCCS2(=O)=O)cc1)c1ccccc1. The van der Waals surface area contributed by atoms with Gasteiger partial charge in [0.25, 0.3) is 5.91 Å². The molecule has 0 spiro atoms. The molecule has 3 rings (SSSR count). The van der Waals surface area contributed by atoms with Crippen LogP contribution in [0.5, 0.6) is 0 Å². The topological polar surface area (TPSA) is 69.7 Å². The molecule has 1 fully saturated rings. The number of hydrogen-bond acceptors (Lipinski definition) is 4. The van der Waals surface area contributed by atoms with Crippen LogP contribution in [-0.4, -0.2) is 52.2 Å². The standard InChI is InChI=1S/C20H25N3O3S/c1-22(2)19(16-7-4-3-5-8-16)15-21-20(24)17-9-11-18(12-10-17)23-13-6-14-27(23,25)26/h3-5,7-12,19H,6,13-15H2,1-2H3,(H,21,24). The van der Waals surface area contributed by atoms with Crippen molar-refractivity contribution in [2.45, 2.75) is 12.5 Å². The fraction of sp³-hybridized carbons (Fsp3) is 0.350.